The predicted molar refractivity (Wildman–Crippen MR) is 89.7 cm³/mol. The lowest BCUT2D eigenvalue weighted by atomic mass is 9.79. The highest BCUT2D eigenvalue weighted by Gasteiger charge is 2.38. The van der Waals surface area contributed by atoms with Gasteiger partial charge in [0.2, 0.25) is 0 Å². The first-order valence-corrected chi connectivity index (χ1v) is 8.23. The van der Waals surface area contributed by atoms with E-state index in [1.54, 1.807) is 6.08 Å². The third-order valence-electron chi connectivity index (χ3n) is 3.61. The van der Waals surface area contributed by atoms with Crippen LogP contribution >= 0.6 is 15.9 Å². The molecule has 3 atom stereocenters. The van der Waals surface area contributed by atoms with E-state index in [1.165, 1.54) is 5.57 Å². The monoisotopic (exact) mass is 336 g/mol. The van der Waals surface area contributed by atoms with E-state index in [0.717, 1.165) is 18.3 Å². The minimum absolute atomic E-state index is 0.0361. The standard InChI is InChI=1S/C17H25BrN2/c1-5-6-7-13(8-9-18)15-12-20-16(14(15)11-19)10-17(2,3)4/h5-8,14-16,20H,1,9-10,12H2,2-4H3/b7-6-,13-8+. The van der Waals surface area contributed by atoms with Crippen molar-refractivity contribution in [3.8, 4) is 6.07 Å². The summed E-state index contributed by atoms with van der Waals surface area (Å²) >= 11 is 3.46. The van der Waals surface area contributed by atoms with Gasteiger partial charge in [-0.25, -0.2) is 0 Å². The quantitative estimate of drug-likeness (QED) is 0.602. The Hall–Kier alpha value is -0.850. The number of nitrogens with one attached hydrogen (secondary N) is 1. The Labute approximate surface area is 131 Å². The van der Waals surface area contributed by atoms with Gasteiger partial charge in [0.05, 0.1) is 12.0 Å². The fourth-order valence-electron chi connectivity index (χ4n) is 2.79. The molecule has 0 bridgehead atoms. The number of rotatable bonds is 5. The highest BCUT2D eigenvalue weighted by Crippen LogP contribution is 2.35. The molecule has 1 fully saturated rings. The fourth-order valence-corrected chi connectivity index (χ4v) is 3.16. The van der Waals surface area contributed by atoms with Crippen LogP contribution in [-0.2, 0) is 0 Å². The van der Waals surface area contributed by atoms with Crippen LogP contribution in [0.3, 0.4) is 0 Å². The molecular weight excluding hydrogens is 312 g/mol. The number of hydrogen-bond acceptors (Lipinski definition) is 2. The maximum absolute atomic E-state index is 9.57. The molecule has 0 aliphatic carbocycles. The summed E-state index contributed by atoms with van der Waals surface area (Å²) in [5.41, 5.74) is 1.45. The van der Waals surface area contributed by atoms with Gasteiger partial charge in [0, 0.05) is 23.8 Å². The normalized spacial score (nSPS) is 27.8. The number of nitriles is 1. The number of alkyl halides is 1. The van der Waals surface area contributed by atoms with Crippen LogP contribution in [0.25, 0.3) is 0 Å². The van der Waals surface area contributed by atoms with Crippen molar-refractivity contribution in [2.24, 2.45) is 17.3 Å². The summed E-state index contributed by atoms with van der Waals surface area (Å²) in [6.45, 7) is 11.3. The summed E-state index contributed by atoms with van der Waals surface area (Å²) in [6, 6.07) is 2.80. The minimum atomic E-state index is 0.0361. The molecule has 0 aromatic carbocycles. The summed E-state index contributed by atoms with van der Waals surface area (Å²) in [6.07, 6.45) is 8.97. The predicted octanol–water partition coefficient (Wildman–Crippen LogP) is 4.21. The Bertz CT molecular complexity index is 423. The van der Waals surface area contributed by atoms with Crippen LogP contribution in [0.1, 0.15) is 27.2 Å². The van der Waals surface area contributed by atoms with Crippen molar-refractivity contribution in [1.29, 1.82) is 5.26 Å². The van der Waals surface area contributed by atoms with Crippen molar-refractivity contribution in [3.63, 3.8) is 0 Å². The second kappa shape index (κ2) is 7.81. The highest BCUT2D eigenvalue weighted by atomic mass is 79.9. The summed E-state index contributed by atoms with van der Waals surface area (Å²) < 4.78 is 0. The smallest absolute Gasteiger partial charge is 0.0697 e. The minimum Gasteiger partial charge on any atom is -0.312 e. The molecule has 1 aliphatic heterocycles. The van der Waals surface area contributed by atoms with Crippen LogP contribution in [0, 0.1) is 28.6 Å². The second-order valence-electron chi connectivity index (χ2n) is 6.49. The number of allylic oxidation sites excluding steroid dienone is 4. The summed E-state index contributed by atoms with van der Waals surface area (Å²) in [4.78, 5) is 0. The van der Waals surface area contributed by atoms with Crippen molar-refractivity contribution < 1.29 is 0 Å². The van der Waals surface area contributed by atoms with Crippen molar-refractivity contribution >= 4 is 15.9 Å². The van der Waals surface area contributed by atoms with Gasteiger partial charge in [0.1, 0.15) is 0 Å². The molecule has 3 heteroatoms. The van der Waals surface area contributed by atoms with E-state index in [1.807, 2.05) is 6.08 Å². The van der Waals surface area contributed by atoms with E-state index >= 15 is 0 Å². The van der Waals surface area contributed by atoms with Crippen LogP contribution in [0.2, 0.25) is 0 Å². The second-order valence-corrected chi connectivity index (χ2v) is 7.14. The van der Waals surface area contributed by atoms with E-state index in [2.05, 4.69) is 66.8 Å². The van der Waals surface area contributed by atoms with Crippen LogP contribution in [0.4, 0.5) is 0 Å². The van der Waals surface area contributed by atoms with Crippen molar-refractivity contribution in [3.05, 3.63) is 36.5 Å². The molecule has 1 N–H and O–H groups in total. The van der Waals surface area contributed by atoms with E-state index in [4.69, 9.17) is 0 Å². The van der Waals surface area contributed by atoms with Crippen LogP contribution in [-0.4, -0.2) is 17.9 Å². The van der Waals surface area contributed by atoms with Crippen molar-refractivity contribution in [2.45, 2.75) is 33.2 Å². The van der Waals surface area contributed by atoms with Gasteiger partial charge in [0.25, 0.3) is 0 Å². The molecule has 0 radical (unpaired) electrons. The summed E-state index contributed by atoms with van der Waals surface area (Å²) in [5, 5.41) is 13.9. The first kappa shape index (κ1) is 17.2. The molecular formula is C17H25BrN2. The van der Waals surface area contributed by atoms with Gasteiger partial charge in [-0.1, -0.05) is 67.6 Å². The molecule has 2 nitrogen and oxygen atoms in total. The third kappa shape index (κ3) is 4.92. The summed E-state index contributed by atoms with van der Waals surface area (Å²) in [5.74, 6) is 0.301. The van der Waals surface area contributed by atoms with Crippen LogP contribution in [0.15, 0.2) is 36.5 Å². The first-order chi connectivity index (χ1) is 9.42. The maximum atomic E-state index is 9.57. The topological polar surface area (TPSA) is 35.8 Å². The molecule has 1 heterocycles. The van der Waals surface area contributed by atoms with Crippen molar-refractivity contribution in [2.75, 3.05) is 11.9 Å². The van der Waals surface area contributed by atoms with Gasteiger partial charge < -0.3 is 5.32 Å². The van der Waals surface area contributed by atoms with Gasteiger partial charge in [-0.05, 0) is 17.4 Å². The molecule has 0 aromatic rings. The molecule has 1 aliphatic rings. The van der Waals surface area contributed by atoms with Gasteiger partial charge in [-0.2, -0.15) is 5.26 Å². The average Bonchev–Trinajstić information content (AvgIpc) is 2.74. The Morgan fingerprint density at radius 2 is 2.20 bits per heavy atom. The Morgan fingerprint density at radius 1 is 1.50 bits per heavy atom. The molecule has 0 amide bonds. The molecule has 0 spiro atoms. The first-order valence-electron chi connectivity index (χ1n) is 7.11. The van der Waals surface area contributed by atoms with Crippen LogP contribution < -0.4 is 5.32 Å². The number of nitrogens with zero attached hydrogens (tertiary/aromatic N) is 1. The number of halogens is 1. The summed E-state index contributed by atoms with van der Waals surface area (Å²) in [7, 11) is 0. The lowest BCUT2D eigenvalue weighted by Crippen LogP contribution is -2.31. The number of hydrogen-bond donors (Lipinski definition) is 1. The van der Waals surface area contributed by atoms with Crippen molar-refractivity contribution in [1.82, 2.24) is 5.32 Å². The van der Waals surface area contributed by atoms with Gasteiger partial charge in [-0.3, -0.25) is 0 Å². The highest BCUT2D eigenvalue weighted by molar-refractivity contribution is 9.09. The molecule has 0 aromatic heterocycles. The molecule has 20 heavy (non-hydrogen) atoms. The van der Waals surface area contributed by atoms with Gasteiger partial charge in [-0.15, -0.1) is 0 Å². The van der Waals surface area contributed by atoms with Gasteiger partial charge in [0.15, 0.2) is 0 Å². The average molecular weight is 337 g/mol. The SMILES string of the molecule is C=C/C=C\C(=C/CBr)C1CNC(CC(C)(C)C)C1C#N. The fraction of sp³-hybridized carbons (Fsp3) is 0.588. The lowest BCUT2D eigenvalue weighted by molar-refractivity contribution is 0.301. The third-order valence-corrected chi connectivity index (χ3v) is 3.94. The van der Waals surface area contributed by atoms with E-state index in [0.29, 0.717) is 0 Å². The Balaban J connectivity index is 2.91. The largest absolute Gasteiger partial charge is 0.312 e. The molecule has 0 saturated carbocycles. The zero-order valence-corrected chi connectivity index (χ0v) is 14.3. The zero-order chi connectivity index (χ0) is 15.2. The lowest BCUT2D eigenvalue weighted by Gasteiger charge is -2.26. The molecule has 3 unspecified atom stereocenters. The van der Waals surface area contributed by atoms with E-state index < -0.39 is 0 Å². The molecule has 110 valence electrons. The van der Waals surface area contributed by atoms with E-state index in [9.17, 15) is 5.26 Å². The molecule has 1 saturated heterocycles. The Morgan fingerprint density at radius 3 is 2.70 bits per heavy atom. The molecule has 1 rings (SSSR count). The van der Waals surface area contributed by atoms with Gasteiger partial charge >= 0.3 is 0 Å². The Kier molecular flexibility index (Phi) is 6.71. The van der Waals surface area contributed by atoms with Crippen LogP contribution in [0.5, 0.6) is 0 Å². The maximum Gasteiger partial charge on any atom is 0.0697 e. The zero-order valence-electron chi connectivity index (χ0n) is 12.7. The van der Waals surface area contributed by atoms with E-state index in [-0.39, 0.29) is 23.3 Å².